The second-order valence-electron chi connectivity index (χ2n) is 4.96. The molecule has 1 aromatic carbocycles. The Morgan fingerprint density at radius 2 is 1.76 bits per heavy atom. The second kappa shape index (κ2) is 8.74. The number of nitrogens with zero attached hydrogens (tertiary/aromatic N) is 1. The normalized spacial score (nSPS) is 15.9. The van der Waals surface area contributed by atoms with Gasteiger partial charge in [0, 0.05) is 13.1 Å². The molecule has 0 bridgehead atoms. The summed E-state index contributed by atoms with van der Waals surface area (Å²) < 4.78 is 15.8. The maximum Gasteiger partial charge on any atom is 0.344 e. The lowest BCUT2D eigenvalue weighted by Gasteiger charge is -2.28. The summed E-state index contributed by atoms with van der Waals surface area (Å²) in [5.41, 5.74) is 0. The van der Waals surface area contributed by atoms with Crippen LogP contribution >= 0.6 is 0 Å². The minimum Gasteiger partial charge on any atom is -1.00 e. The molecule has 6 heteroatoms. The van der Waals surface area contributed by atoms with Gasteiger partial charge in [-0.05, 0) is 44.2 Å². The number of ether oxygens (including phenoxy) is 3. The van der Waals surface area contributed by atoms with E-state index in [2.05, 4.69) is 11.9 Å². The molecular formula is C15H21ClNO4-. The van der Waals surface area contributed by atoms with Gasteiger partial charge in [-0.15, -0.1) is 0 Å². The highest BCUT2D eigenvalue weighted by Gasteiger charge is 2.20. The van der Waals surface area contributed by atoms with Gasteiger partial charge in [0.05, 0.1) is 7.11 Å². The summed E-state index contributed by atoms with van der Waals surface area (Å²) in [6.07, 6.45) is 1.81. The number of rotatable bonds is 5. The predicted octanol–water partition coefficient (Wildman–Crippen LogP) is -1.28. The van der Waals surface area contributed by atoms with Gasteiger partial charge in [-0.3, -0.25) is 0 Å². The molecule has 0 aromatic heterocycles. The molecule has 0 atom stereocenters. The first-order valence-corrected chi connectivity index (χ1v) is 6.82. The van der Waals surface area contributed by atoms with Crippen molar-refractivity contribution in [2.24, 2.45) is 0 Å². The van der Waals surface area contributed by atoms with E-state index in [1.54, 1.807) is 31.4 Å². The van der Waals surface area contributed by atoms with Gasteiger partial charge < -0.3 is 31.5 Å². The van der Waals surface area contributed by atoms with Gasteiger partial charge in [0.2, 0.25) is 0 Å². The lowest BCUT2D eigenvalue weighted by atomic mass is 10.1. The quantitative estimate of drug-likeness (QED) is 0.633. The first-order chi connectivity index (χ1) is 9.67. The van der Waals surface area contributed by atoms with Crippen LogP contribution < -0.4 is 21.9 Å². The van der Waals surface area contributed by atoms with Gasteiger partial charge in [0.1, 0.15) is 17.6 Å². The number of carbonyl (C=O) groups excluding carboxylic acids is 1. The van der Waals surface area contributed by atoms with E-state index in [-0.39, 0.29) is 31.1 Å². The van der Waals surface area contributed by atoms with Crippen LogP contribution in [0.1, 0.15) is 12.8 Å². The van der Waals surface area contributed by atoms with Crippen LogP contribution in [0.25, 0.3) is 0 Å². The minimum absolute atomic E-state index is 0. The molecular weight excluding hydrogens is 294 g/mol. The van der Waals surface area contributed by atoms with E-state index in [1.165, 1.54) is 0 Å². The molecule has 21 heavy (non-hydrogen) atoms. The Morgan fingerprint density at radius 1 is 1.19 bits per heavy atom. The van der Waals surface area contributed by atoms with Gasteiger partial charge in [0.25, 0.3) is 0 Å². The van der Waals surface area contributed by atoms with Crippen LogP contribution in [0.4, 0.5) is 0 Å². The van der Waals surface area contributed by atoms with Crippen molar-refractivity contribution in [3.63, 3.8) is 0 Å². The summed E-state index contributed by atoms with van der Waals surface area (Å²) in [6.45, 7) is 1.88. The van der Waals surface area contributed by atoms with E-state index < -0.39 is 0 Å². The molecule has 2 rings (SSSR count). The first-order valence-electron chi connectivity index (χ1n) is 6.82. The summed E-state index contributed by atoms with van der Waals surface area (Å²) >= 11 is 0. The van der Waals surface area contributed by atoms with Crippen LogP contribution in [0.2, 0.25) is 0 Å². The Kier molecular flexibility index (Phi) is 7.32. The van der Waals surface area contributed by atoms with Crippen LogP contribution in [-0.4, -0.2) is 50.8 Å². The predicted molar refractivity (Wildman–Crippen MR) is 75.1 cm³/mol. The van der Waals surface area contributed by atoms with E-state index in [0.717, 1.165) is 31.7 Å². The van der Waals surface area contributed by atoms with Gasteiger partial charge in [0.15, 0.2) is 6.61 Å². The monoisotopic (exact) mass is 314 g/mol. The van der Waals surface area contributed by atoms with E-state index in [0.29, 0.717) is 5.75 Å². The summed E-state index contributed by atoms with van der Waals surface area (Å²) in [4.78, 5) is 13.9. The number of hydrogen-bond acceptors (Lipinski definition) is 5. The smallest absolute Gasteiger partial charge is 0.344 e. The van der Waals surface area contributed by atoms with Gasteiger partial charge in [-0.2, -0.15) is 0 Å². The van der Waals surface area contributed by atoms with E-state index >= 15 is 0 Å². The number of benzene rings is 1. The van der Waals surface area contributed by atoms with Crippen LogP contribution in [-0.2, 0) is 9.53 Å². The van der Waals surface area contributed by atoms with E-state index in [9.17, 15) is 4.79 Å². The number of methoxy groups -OCH3 is 1. The van der Waals surface area contributed by atoms with Crippen molar-refractivity contribution in [2.45, 2.75) is 18.9 Å². The molecule has 1 saturated heterocycles. The third-order valence-corrected chi connectivity index (χ3v) is 3.38. The molecule has 1 aliphatic rings. The molecule has 1 aliphatic heterocycles. The number of piperidine rings is 1. The molecule has 5 nitrogen and oxygen atoms in total. The zero-order valence-corrected chi connectivity index (χ0v) is 13.1. The lowest BCUT2D eigenvalue weighted by Crippen LogP contribution is -3.00. The average molecular weight is 315 g/mol. The highest BCUT2D eigenvalue weighted by molar-refractivity contribution is 5.71. The number of likely N-dealkylation sites (tertiary alicyclic amines) is 1. The first kappa shape index (κ1) is 17.6. The van der Waals surface area contributed by atoms with Crippen LogP contribution in [0, 0.1) is 0 Å². The van der Waals surface area contributed by atoms with Crippen molar-refractivity contribution >= 4 is 5.97 Å². The molecule has 0 aliphatic carbocycles. The van der Waals surface area contributed by atoms with Gasteiger partial charge >= 0.3 is 5.97 Å². The highest BCUT2D eigenvalue weighted by atomic mass is 35.5. The highest BCUT2D eigenvalue weighted by Crippen LogP contribution is 2.17. The molecule has 118 valence electrons. The lowest BCUT2D eigenvalue weighted by molar-refractivity contribution is -0.153. The maximum atomic E-state index is 11.7. The van der Waals surface area contributed by atoms with Crippen LogP contribution in [0.15, 0.2) is 24.3 Å². The Hall–Kier alpha value is -1.46. The van der Waals surface area contributed by atoms with E-state index in [1.807, 2.05) is 0 Å². The van der Waals surface area contributed by atoms with Crippen molar-refractivity contribution < 1.29 is 31.4 Å². The van der Waals surface area contributed by atoms with Crippen molar-refractivity contribution in [3.05, 3.63) is 24.3 Å². The molecule has 0 radical (unpaired) electrons. The van der Waals surface area contributed by atoms with Gasteiger partial charge in [-0.25, -0.2) is 4.79 Å². The third kappa shape index (κ3) is 5.81. The fraction of sp³-hybridized carbons (Fsp3) is 0.533. The molecule has 0 unspecified atom stereocenters. The maximum absolute atomic E-state index is 11.7. The summed E-state index contributed by atoms with van der Waals surface area (Å²) in [5.74, 6) is 1.08. The molecule has 1 aromatic rings. The SMILES string of the molecule is COc1ccc(OCC(=O)OC2CCN(C)CC2)cc1.[Cl-]. The standard InChI is InChI=1S/C15H21NO4.ClH/c1-16-9-7-14(8-10-16)20-15(17)11-19-13-5-3-12(18-2)4-6-13;/h3-6,14H,7-11H2,1-2H3;1H/p-1. The van der Waals surface area contributed by atoms with Crippen LogP contribution in [0.3, 0.4) is 0 Å². The van der Waals surface area contributed by atoms with Crippen molar-refractivity contribution in [1.29, 1.82) is 0 Å². The van der Waals surface area contributed by atoms with E-state index in [4.69, 9.17) is 14.2 Å². The number of hydrogen-bond donors (Lipinski definition) is 0. The Labute approximate surface area is 131 Å². The summed E-state index contributed by atoms with van der Waals surface area (Å²) in [7, 11) is 3.68. The van der Waals surface area contributed by atoms with Crippen molar-refractivity contribution in [1.82, 2.24) is 4.90 Å². The summed E-state index contributed by atoms with van der Waals surface area (Å²) in [6, 6.07) is 7.11. The number of esters is 1. The number of halogens is 1. The Morgan fingerprint density at radius 3 is 2.33 bits per heavy atom. The fourth-order valence-corrected chi connectivity index (χ4v) is 2.14. The second-order valence-corrected chi connectivity index (χ2v) is 4.96. The van der Waals surface area contributed by atoms with Crippen LogP contribution in [0.5, 0.6) is 11.5 Å². The fourth-order valence-electron chi connectivity index (χ4n) is 2.14. The molecule has 0 N–H and O–H groups in total. The zero-order chi connectivity index (χ0) is 14.4. The molecule has 1 heterocycles. The van der Waals surface area contributed by atoms with Crippen molar-refractivity contribution in [2.75, 3.05) is 33.9 Å². The molecule has 1 fully saturated rings. The Bertz CT molecular complexity index is 430. The third-order valence-electron chi connectivity index (χ3n) is 3.38. The molecule has 0 saturated carbocycles. The van der Waals surface area contributed by atoms with Gasteiger partial charge in [-0.1, -0.05) is 0 Å². The Balaban J connectivity index is 0.00000220. The molecule has 0 amide bonds. The van der Waals surface area contributed by atoms with Crippen molar-refractivity contribution in [3.8, 4) is 11.5 Å². The minimum atomic E-state index is -0.310. The largest absolute Gasteiger partial charge is 1.00 e. The molecule has 0 spiro atoms. The summed E-state index contributed by atoms with van der Waals surface area (Å²) in [5, 5.41) is 0. The number of carbonyl (C=O) groups is 1. The zero-order valence-electron chi connectivity index (χ0n) is 12.4. The topological polar surface area (TPSA) is 48.0 Å². The average Bonchev–Trinajstić information content (AvgIpc) is 2.48.